The molecule has 1 aromatic rings. The molecule has 1 aromatic carbocycles. The van der Waals surface area contributed by atoms with Crippen LogP contribution in [0.25, 0.3) is 0 Å². The van der Waals surface area contributed by atoms with E-state index in [1.54, 1.807) is 0 Å². The van der Waals surface area contributed by atoms with Crippen LogP contribution >= 0.6 is 0 Å². The first-order valence-corrected chi connectivity index (χ1v) is 8.21. The SMILES string of the molecule is CC1CCN(C(=O)C2CCC(C(=O)O)CC2)c2ccccc21. The molecule has 1 saturated carbocycles. The molecule has 1 N–H and O–H groups in total. The van der Waals surface area contributed by atoms with Crippen molar-refractivity contribution in [3.8, 4) is 0 Å². The van der Waals surface area contributed by atoms with Gasteiger partial charge in [0.2, 0.25) is 5.91 Å². The zero-order valence-electron chi connectivity index (χ0n) is 13.0. The molecule has 1 heterocycles. The molecule has 22 heavy (non-hydrogen) atoms. The first-order valence-electron chi connectivity index (χ1n) is 8.21. The van der Waals surface area contributed by atoms with Gasteiger partial charge in [-0.2, -0.15) is 0 Å². The second kappa shape index (κ2) is 6.11. The zero-order valence-corrected chi connectivity index (χ0v) is 13.0. The Morgan fingerprint density at radius 1 is 1.05 bits per heavy atom. The van der Waals surface area contributed by atoms with Gasteiger partial charge >= 0.3 is 5.97 Å². The Balaban J connectivity index is 1.74. The van der Waals surface area contributed by atoms with Crippen molar-refractivity contribution in [3.63, 3.8) is 0 Å². The van der Waals surface area contributed by atoms with Crippen LogP contribution in [0.2, 0.25) is 0 Å². The van der Waals surface area contributed by atoms with E-state index < -0.39 is 5.97 Å². The number of carbonyl (C=O) groups is 2. The highest BCUT2D eigenvalue weighted by atomic mass is 16.4. The van der Waals surface area contributed by atoms with Crippen LogP contribution in [-0.4, -0.2) is 23.5 Å². The van der Waals surface area contributed by atoms with Crippen molar-refractivity contribution in [3.05, 3.63) is 29.8 Å². The van der Waals surface area contributed by atoms with Crippen LogP contribution in [0, 0.1) is 11.8 Å². The number of rotatable bonds is 2. The fourth-order valence-corrected chi connectivity index (χ4v) is 3.79. The smallest absolute Gasteiger partial charge is 0.306 e. The number of hydrogen-bond acceptors (Lipinski definition) is 2. The van der Waals surface area contributed by atoms with E-state index in [0.29, 0.717) is 31.6 Å². The molecule has 1 aliphatic carbocycles. The quantitative estimate of drug-likeness (QED) is 0.910. The monoisotopic (exact) mass is 301 g/mol. The topological polar surface area (TPSA) is 57.6 Å². The number of fused-ring (bicyclic) bond motifs is 1. The molecule has 118 valence electrons. The number of carboxylic acid groups (broad SMARTS) is 1. The molecule has 4 heteroatoms. The maximum Gasteiger partial charge on any atom is 0.306 e. The molecule has 1 fully saturated rings. The molecule has 4 nitrogen and oxygen atoms in total. The van der Waals surface area contributed by atoms with Crippen LogP contribution in [-0.2, 0) is 9.59 Å². The summed E-state index contributed by atoms with van der Waals surface area (Å²) in [5, 5.41) is 9.08. The summed E-state index contributed by atoms with van der Waals surface area (Å²) in [4.78, 5) is 25.8. The summed E-state index contributed by atoms with van der Waals surface area (Å²) >= 11 is 0. The zero-order chi connectivity index (χ0) is 15.7. The van der Waals surface area contributed by atoms with Crippen LogP contribution in [0.1, 0.15) is 50.5 Å². The summed E-state index contributed by atoms with van der Waals surface area (Å²) < 4.78 is 0. The molecule has 0 aromatic heterocycles. The summed E-state index contributed by atoms with van der Waals surface area (Å²) in [7, 11) is 0. The summed E-state index contributed by atoms with van der Waals surface area (Å²) in [5.74, 6) is -0.330. The summed E-state index contributed by atoms with van der Waals surface area (Å²) in [5.41, 5.74) is 2.30. The number of benzene rings is 1. The van der Waals surface area contributed by atoms with Gasteiger partial charge in [-0.1, -0.05) is 25.1 Å². The molecule has 1 atom stereocenters. The van der Waals surface area contributed by atoms with Crippen LogP contribution in [0.5, 0.6) is 0 Å². The third kappa shape index (κ3) is 2.74. The van der Waals surface area contributed by atoms with Gasteiger partial charge in [-0.15, -0.1) is 0 Å². The lowest BCUT2D eigenvalue weighted by Gasteiger charge is -2.36. The summed E-state index contributed by atoms with van der Waals surface area (Å²) in [6.07, 6.45) is 3.64. The van der Waals surface area contributed by atoms with E-state index in [-0.39, 0.29) is 17.7 Å². The Hall–Kier alpha value is -1.84. The van der Waals surface area contributed by atoms with Crippen molar-refractivity contribution in [2.75, 3.05) is 11.4 Å². The minimum absolute atomic E-state index is 0.0166. The molecule has 1 aliphatic heterocycles. The molecular weight excluding hydrogens is 278 g/mol. The van der Waals surface area contributed by atoms with Crippen molar-refractivity contribution >= 4 is 17.6 Å². The number of aliphatic carboxylic acids is 1. The number of nitrogens with zero attached hydrogens (tertiary/aromatic N) is 1. The van der Waals surface area contributed by atoms with Crippen LogP contribution in [0.15, 0.2) is 24.3 Å². The first-order chi connectivity index (χ1) is 10.6. The van der Waals surface area contributed by atoms with Gasteiger partial charge in [-0.3, -0.25) is 9.59 Å². The first kappa shape index (κ1) is 15.1. The Bertz CT molecular complexity index is 575. The third-order valence-corrected chi connectivity index (χ3v) is 5.24. The van der Waals surface area contributed by atoms with Gasteiger partial charge in [-0.05, 0) is 49.7 Å². The highest BCUT2D eigenvalue weighted by Crippen LogP contribution is 2.37. The molecule has 0 saturated heterocycles. The average Bonchev–Trinajstić information content (AvgIpc) is 2.55. The van der Waals surface area contributed by atoms with Crippen molar-refractivity contribution in [1.82, 2.24) is 0 Å². The number of anilines is 1. The van der Waals surface area contributed by atoms with E-state index in [9.17, 15) is 9.59 Å². The fraction of sp³-hybridized carbons (Fsp3) is 0.556. The standard InChI is InChI=1S/C18H23NO3/c1-12-10-11-19(16-5-3-2-4-15(12)16)17(20)13-6-8-14(9-7-13)18(21)22/h2-5,12-14H,6-11H2,1H3,(H,21,22). The van der Waals surface area contributed by atoms with Gasteiger partial charge in [0.25, 0.3) is 0 Å². The number of amides is 1. The second-order valence-electron chi connectivity index (χ2n) is 6.63. The molecule has 0 radical (unpaired) electrons. The van der Waals surface area contributed by atoms with Gasteiger partial charge in [0.1, 0.15) is 0 Å². The van der Waals surface area contributed by atoms with Gasteiger partial charge < -0.3 is 10.0 Å². The molecular formula is C18H23NO3. The number of carboxylic acids is 1. The van der Waals surface area contributed by atoms with E-state index in [1.165, 1.54) is 5.56 Å². The minimum Gasteiger partial charge on any atom is -0.481 e. The molecule has 2 aliphatic rings. The van der Waals surface area contributed by atoms with Crippen LogP contribution in [0.3, 0.4) is 0 Å². The van der Waals surface area contributed by atoms with Crippen LogP contribution < -0.4 is 4.90 Å². The largest absolute Gasteiger partial charge is 0.481 e. The van der Waals surface area contributed by atoms with Gasteiger partial charge in [0, 0.05) is 18.2 Å². The summed E-state index contributed by atoms with van der Waals surface area (Å²) in [6.45, 7) is 2.98. The van der Waals surface area contributed by atoms with E-state index in [4.69, 9.17) is 5.11 Å². The van der Waals surface area contributed by atoms with Crippen LogP contribution in [0.4, 0.5) is 5.69 Å². The predicted molar refractivity (Wildman–Crippen MR) is 84.9 cm³/mol. The lowest BCUT2D eigenvalue weighted by molar-refractivity contribution is -0.144. The summed E-state index contributed by atoms with van der Waals surface area (Å²) in [6, 6.07) is 8.16. The predicted octanol–water partition coefficient (Wildman–Crippen LogP) is 3.42. The van der Waals surface area contributed by atoms with Crippen molar-refractivity contribution in [2.24, 2.45) is 11.8 Å². The Morgan fingerprint density at radius 3 is 2.36 bits per heavy atom. The van der Waals surface area contributed by atoms with E-state index >= 15 is 0 Å². The van der Waals surface area contributed by atoms with Crippen molar-refractivity contribution < 1.29 is 14.7 Å². The second-order valence-corrected chi connectivity index (χ2v) is 6.63. The highest BCUT2D eigenvalue weighted by molar-refractivity contribution is 5.96. The Kier molecular flexibility index (Phi) is 4.19. The molecule has 3 rings (SSSR count). The average molecular weight is 301 g/mol. The highest BCUT2D eigenvalue weighted by Gasteiger charge is 2.34. The van der Waals surface area contributed by atoms with Crippen molar-refractivity contribution in [1.29, 1.82) is 0 Å². The Morgan fingerprint density at radius 2 is 1.68 bits per heavy atom. The lowest BCUT2D eigenvalue weighted by atomic mass is 9.80. The number of hydrogen-bond donors (Lipinski definition) is 1. The number of para-hydroxylation sites is 1. The third-order valence-electron chi connectivity index (χ3n) is 5.24. The normalized spacial score (nSPS) is 28.0. The lowest BCUT2D eigenvalue weighted by Crippen LogP contribution is -2.41. The minimum atomic E-state index is -0.719. The van der Waals surface area contributed by atoms with Crippen molar-refractivity contribution in [2.45, 2.75) is 44.9 Å². The molecule has 0 spiro atoms. The van der Waals surface area contributed by atoms with Gasteiger partial charge in [-0.25, -0.2) is 0 Å². The van der Waals surface area contributed by atoms with E-state index in [2.05, 4.69) is 13.0 Å². The number of carbonyl (C=O) groups excluding carboxylic acids is 1. The van der Waals surface area contributed by atoms with E-state index in [1.807, 2.05) is 23.1 Å². The Labute approximate surface area is 131 Å². The maximum atomic E-state index is 12.9. The van der Waals surface area contributed by atoms with E-state index in [0.717, 1.165) is 18.7 Å². The van der Waals surface area contributed by atoms with Gasteiger partial charge in [0.05, 0.1) is 5.92 Å². The maximum absolute atomic E-state index is 12.9. The van der Waals surface area contributed by atoms with Gasteiger partial charge in [0.15, 0.2) is 0 Å². The molecule has 1 unspecified atom stereocenters. The fourth-order valence-electron chi connectivity index (χ4n) is 3.79. The molecule has 0 bridgehead atoms. The molecule has 1 amide bonds.